The molecule has 1 fully saturated rings. The van der Waals surface area contributed by atoms with E-state index in [0.717, 1.165) is 61.6 Å². The van der Waals surface area contributed by atoms with Gasteiger partial charge in [0.25, 0.3) is 0 Å². The van der Waals surface area contributed by atoms with E-state index in [9.17, 15) is 0 Å². The van der Waals surface area contributed by atoms with E-state index in [0.29, 0.717) is 5.92 Å². The summed E-state index contributed by atoms with van der Waals surface area (Å²) in [5, 5.41) is 4.22. The topological polar surface area (TPSA) is 44.3 Å². The molecule has 3 rings (SSSR count). The zero-order chi connectivity index (χ0) is 18.5. The molecule has 1 saturated heterocycles. The van der Waals surface area contributed by atoms with E-state index in [1.807, 2.05) is 31.2 Å². The van der Waals surface area contributed by atoms with Crippen LogP contribution in [0.5, 0.6) is 0 Å². The highest BCUT2D eigenvalue weighted by molar-refractivity contribution is 6.30. The van der Waals surface area contributed by atoms with Gasteiger partial charge in [-0.15, -0.1) is 0 Å². The second kappa shape index (κ2) is 8.58. The third-order valence-electron chi connectivity index (χ3n) is 4.61. The maximum atomic E-state index is 6.12. The lowest BCUT2D eigenvalue weighted by Crippen LogP contribution is -2.47. The number of aromatic nitrogens is 2. The molecule has 2 aromatic rings. The number of rotatable bonds is 6. The van der Waals surface area contributed by atoms with Crippen LogP contribution in [0.3, 0.4) is 0 Å². The molecule has 5 nitrogen and oxygen atoms in total. The van der Waals surface area contributed by atoms with E-state index in [1.54, 1.807) is 0 Å². The largest absolute Gasteiger partial charge is 0.370 e. The first-order valence-electron chi connectivity index (χ1n) is 9.36. The van der Waals surface area contributed by atoms with Crippen LogP contribution >= 0.6 is 11.6 Å². The molecule has 0 amide bonds. The smallest absolute Gasteiger partial charge is 0.227 e. The van der Waals surface area contributed by atoms with E-state index in [-0.39, 0.29) is 0 Å². The minimum atomic E-state index is 0.685. The maximum absolute atomic E-state index is 6.12. The van der Waals surface area contributed by atoms with Crippen LogP contribution < -0.4 is 15.1 Å². The van der Waals surface area contributed by atoms with Crippen molar-refractivity contribution >= 4 is 29.1 Å². The summed E-state index contributed by atoms with van der Waals surface area (Å²) in [6.45, 7) is 11.1. The Balaban J connectivity index is 1.62. The predicted molar refractivity (Wildman–Crippen MR) is 111 cm³/mol. The van der Waals surface area contributed by atoms with Gasteiger partial charge in [-0.1, -0.05) is 31.5 Å². The van der Waals surface area contributed by atoms with E-state index < -0.39 is 0 Å². The van der Waals surface area contributed by atoms with Gasteiger partial charge >= 0.3 is 0 Å². The normalized spacial score (nSPS) is 14.8. The molecule has 0 bridgehead atoms. The van der Waals surface area contributed by atoms with Crippen LogP contribution in [-0.2, 0) is 0 Å². The number of nitrogens with zero attached hydrogens (tertiary/aromatic N) is 4. The highest BCUT2D eigenvalue weighted by atomic mass is 35.5. The molecule has 1 N–H and O–H groups in total. The Morgan fingerprint density at radius 3 is 2.50 bits per heavy atom. The Hall–Kier alpha value is -2.01. The van der Waals surface area contributed by atoms with Crippen molar-refractivity contribution in [3.05, 3.63) is 41.0 Å². The summed E-state index contributed by atoms with van der Waals surface area (Å²) in [5.74, 6) is 2.43. The first-order chi connectivity index (χ1) is 12.5. The van der Waals surface area contributed by atoms with E-state index in [2.05, 4.69) is 40.0 Å². The van der Waals surface area contributed by atoms with Gasteiger partial charge in [0.05, 0.1) is 0 Å². The number of benzene rings is 1. The van der Waals surface area contributed by atoms with Crippen molar-refractivity contribution < 1.29 is 0 Å². The summed E-state index contributed by atoms with van der Waals surface area (Å²) in [5.41, 5.74) is 2.18. The Bertz CT molecular complexity index is 726. The molecule has 0 radical (unpaired) electrons. The average Bonchev–Trinajstić information content (AvgIpc) is 2.61. The van der Waals surface area contributed by atoms with Gasteiger partial charge in [-0.05, 0) is 37.5 Å². The number of halogens is 1. The molecule has 1 aliphatic heterocycles. The highest BCUT2D eigenvalue weighted by Crippen LogP contribution is 2.22. The molecule has 6 heteroatoms. The number of hydrogen-bond acceptors (Lipinski definition) is 5. The van der Waals surface area contributed by atoms with Gasteiger partial charge in [-0.2, -0.15) is 4.98 Å². The second-order valence-corrected chi connectivity index (χ2v) is 7.69. The van der Waals surface area contributed by atoms with Crippen molar-refractivity contribution in [1.29, 1.82) is 0 Å². The van der Waals surface area contributed by atoms with Crippen molar-refractivity contribution in [1.82, 2.24) is 9.97 Å². The van der Waals surface area contributed by atoms with Gasteiger partial charge in [-0.25, -0.2) is 4.98 Å². The quantitative estimate of drug-likeness (QED) is 0.821. The molecular formula is C20H28ClN5. The standard InChI is InChI=1S/C20H28ClN5/c1-15(2)7-8-22-19-13-16(3)23-20(24-19)26-11-9-25(10-12-26)18-6-4-5-17(21)14-18/h4-6,13-15H,7-12H2,1-3H3,(H,22,23,24). The first kappa shape index (κ1) is 18.8. The van der Waals surface area contributed by atoms with Crippen molar-refractivity contribution in [2.75, 3.05) is 47.8 Å². The number of hydrogen-bond donors (Lipinski definition) is 1. The van der Waals surface area contributed by atoms with E-state index in [1.165, 1.54) is 5.69 Å². The van der Waals surface area contributed by atoms with Crippen molar-refractivity contribution in [3.63, 3.8) is 0 Å². The Kier molecular flexibility index (Phi) is 6.20. The molecule has 1 aromatic heterocycles. The fraction of sp³-hybridized carbons (Fsp3) is 0.500. The molecule has 26 heavy (non-hydrogen) atoms. The minimum absolute atomic E-state index is 0.685. The van der Waals surface area contributed by atoms with Crippen LogP contribution in [0.4, 0.5) is 17.5 Å². The number of anilines is 3. The highest BCUT2D eigenvalue weighted by Gasteiger charge is 2.20. The fourth-order valence-electron chi connectivity index (χ4n) is 3.11. The molecule has 0 spiro atoms. The van der Waals surface area contributed by atoms with Crippen molar-refractivity contribution in [3.8, 4) is 0 Å². The van der Waals surface area contributed by atoms with Crippen LogP contribution in [0.2, 0.25) is 5.02 Å². The van der Waals surface area contributed by atoms with E-state index >= 15 is 0 Å². The SMILES string of the molecule is Cc1cc(NCCC(C)C)nc(N2CCN(c3cccc(Cl)c3)CC2)n1. The molecule has 0 atom stereocenters. The minimum Gasteiger partial charge on any atom is -0.370 e. The van der Waals surface area contributed by atoms with Gasteiger partial charge in [0.15, 0.2) is 0 Å². The van der Waals surface area contributed by atoms with Gasteiger partial charge in [-0.3, -0.25) is 0 Å². The Labute approximate surface area is 161 Å². The lowest BCUT2D eigenvalue weighted by Gasteiger charge is -2.36. The van der Waals surface area contributed by atoms with E-state index in [4.69, 9.17) is 16.6 Å². The number of nitrogens with one attached hydrogen (secondary N) is 1. The molecule has 0 aliphatic carbocycles. The molecule has 140 valence electrons. The molecule has 0 unspecified atom stereocenters. The molecule has 0 saturated carbocycles. The molecule has 1 aliphatic rings. The van der Waals surface area contributed by atoms with Gasteiger partial charge < -0.3 is 15.1 Å². The molecule has 2 heterocycles. The summed E-state index contributed by atoms with van der Waals surface area (Å²) in [7, 11) is 0. The zero-order valence-corrected chi connectivity index (χ0v) is 16.6. The van der Waals surface area contributed by atoms with Crippen LogP contribution in [0.25, 0.3) is 0 Å². The number of piperazine rings is 1. The van der Waals surface area contributed by atoms with Crippen molar-refractivity contribution in [2.24, 2.45) is 5.92 Å². The van der Waals surface area contributed by atoms with Gasteiger partial charge in [0.1, 0.15) is 5.82 Å². The van der Waals surface area contributed by atoms with Gasteiger partial charge in [0, 0.05) is 55.2 Å². The molecular weight excluding hydrogens is 346 g/mol. The van der Waals surface area contributed by atoms with Crippen LogP contribution in [-0.4, -0.2) is 42.7 Å². The lowest BCUT2D eigenvalue weighted by molar-refractivity contribution is 0.606. The van der Waals surface area contributed by atoms with Gasteiger partial charge in [0.2, 0.25) is 5.95 Å². The second-order valence-electron chi connectivity index (χ2n) is 7.26. The molecule has 1 aromatic carbocycles. The first-order valence-corrected chi connectivity index (χ1v) is 9.74. The Morgan fingerprint density at radius 2 is 1.81 bits per heavy atom. The van der Waals surface area contributed by atoms with Crippen LogP contribution in [0.1, 0.15) is 26.0 Å². The summed E-state index contributed by atoms with van der Waals surface area (Å²) < 4.78 is 0. The number of aryl methyl sites for hydroxylation is 1. The third kappa shape index (κ3) is 5.01. The zero-order valence-electron chi connectivity index (χ0n) is 15.9. The summed E-state index contributed by atoms with van der Waals surface area (Å²) in [6.07, 6.45) is 1.14. The fourth-order valence-corrected chi connectivity index (χ4v) is 3.30. The predicted octanol–water partition coefficient (Wildman–Crippen LogP) is 4.22. The maximum Gasteiger partial charge on any atom is 0.227 e. The van der Waals surface area contributed by atoms with Crippen molar-refractivity contribution in [2.45, 2.75) is 27.2 Å². The third-order valence-corrected chi connectivity index (χ3v) is 4.84. The summed E-state index contributed by atoms with van der Waals surface area (Å²) >= 11 is 6.12. The lowest BCUT2D eigenvalue weighted by atomic mass is 10.1. The summed E-state index contributed by atoms with van der Waals surface area (Å²) in [4.78, 5) is 14.0. The average molecular weight is 374 g/mol. The van der Waals surface area contributed by atoms with Crippen LogP contribution in [0.15, 0.2) is 30.3 Å². The monoisotopic (exact) mass is 373 g/mol. The Morgan fingerprint density at radius 1 is 1.08 bits per heavy atom. The summed E-state index contributed by atoms with van der Waals surface area (Å²) in [6, 6.07) is 10.1. The van der Waals surface area contributed by atoms with Crippen LogP contribution in [0, 0.1) is 12.8 Å².